The predicted octanol–water partition coefficient (Wildman–Crippen LogP) is 6.72. The summed E-state index contributed by atoms with van der Waals surface area (Å²) in [5, 5.41) is 0.760. The molecule has 2 aromatic heterocycles. The van der Waals surface area contributed by atoms with Crippen LogP contribution in [-0.2, 0) is 6.18 Å². The van der Waals surface area contributed by atoms with Crippen LogP contribution in [0.2, 0.25) is 0 Å². The molecule has 0 unspecified atom stereocenters. The largest absolute Gasteiger partial charge is 0.492 e. The average molecular weight is 443 g/mol. The summed E-state index contributed by atoms with van der Waals surface area (Å²) in [5.74, 6) is 1.67. The second-order valence-electron chi connectivity index (χ2n) is 6.43. The van der Waals surface area contributed by atoms with E-state index < -0.39 is 11.7 Å². The zero-order chi connectivity index (χ0) is 20.0. The highest BCUT2D eigenvalue weighted by Gasteiger charge is 2.30. The number of alkyl halides is 3. The summed E-state index contributed by atoms with van der Waals surface area (Å²) in [6.45, 7) is 2.58. The third kappa shape index (κ3) is 6.78. The molecule has 0 N–H and O–H groups in total. The Balaban J connectivity index is 0.00000300. The van der Waals surface area contributed by atoms with Crippen molar-refractivity contribution in [2.24, 2.45) is 0 Å². The predicted molar refractivity (Wildman–Crippen MR) is 113 cm³/mol. The summed E-state index contributed by atoms with van der Waals surface area (Å²) < 4.78 is 44.2. The molecule has 0 fully saturated rings. The molecule has 0 amide bonds. The Kier molecular flexibility index (Phi) is 8.59. The van der Waals surface area contributed by atoms with Gasteiger partial charge in [-0.25, -0.2) is 0 Å². The molecule has 0 spiro atoms. The number of unbranched alkanes of at least 4 members (excludes halogenated alkanes) is 2. The Morgan fingerprint density at radius 3 is 2.55 bits per heavy atom. The van der Waals surface area contributed by atoms with Gasteiger partial charge in [0.15, 0.2) is 0 Å². The molecule has 8 heteroatoms. The Labute approximate surface area is 178 Å². The van der Waals surface area contributed by atoms with Gasteiger partial charge in [-0.2, -0.15) is 13.2 Å². The van der Waals surface area contributed by atoms with Crippen LogP contribution in [0, 0.1) is 6.92 Å². The summed E-state index contributed by atoms with van der Waals surface area (Å²) >= 11 is 1.65. The molecule has 0 aliphatic rings. The molecule has 156 valence electrons. The van der Waals surface area contributed by atoms with E-state index in [0.29, 0.717) is 12.1 Å². The van der Waals surface area contributed by atoms with Crippen LogP contribution in [0.3, 0.4) is 0 Å². The molecule has 29 heavy (non-hydrogen) atoms. The zero-order valence-electron chi connectivity index (χ0n) is 15.9. The van der Waals surface area contributed by atoms with E-state index >= 15 is 0 Å². The molecule has 0 aliphatic carbocycles. The van der Waals surface area contributed by atoms with Crippen molar-refractivity contribution in [3.05, 3.63) is 60.0 Å². The van der Waals surface area contributed by atoms with Gasteiger partial charge in [-0.05, 0) is 62.3 Å². The second-order valence-corrected chi connectivity index (χ2v) is 7.57. The number of hydrogen-bond donors (Lipinski definition) is 0. The molecule has 0 aliphatic heterocycles. The van der Waals surface area contributed by atoms with Crippen molar-refractivity contribution >= 4 is 35.1 Å². The van der Waals surface area contributed by atoms with Crippen LogP contribution >= 0.6 is 24.2 Å². The lowest BCUT2D eigenvalue weighted by Crippen LogP contribution is -2.04. The van der Waals surface area contributed by atoms with Gasteiger partial charge in [0.1, 0.15) is 5.75 Å². The van der Waals surface area contributed by atoms with Crippen LogP contribution < -0.4 is 4.74 Å². The highest BCUT2D eigenvalue weighted by atomic mass is 35.5. The molecule has 3 nitrogen and oxygen atoms in total. The topological polar surface area (TPSA) is 35.0 Å². The van der Waals surface area contributed by atoms with Gasteiger partial charge in [0.05, 0.1) is 23.9 Å². The van der Waals surface area contributed by atoms with Gasteiger partial charge in [-0.1, -0.05) is 6.07 Å². The minimum Gasteiger partial charge on any atom is -0.492 e. The van der Waals surface area contributed by atoms with Gasteiger partial charge < -0.3 is 4.74 Å². The summed E-state index contributed by atoms with van der Waals surface area (Å²) in [6, 6.07) is 9.42. The van der Waals surface area contributed by atoms with Gasteiger partial charge in [0, 0.05) is 22.2 Å². The van der Waals surface area contributed by atoms with E-state index in [1.165, 1.54) is 6.07 Å². The van der Waals surface area contributed by atoms with Crippen LogP contribution in [0.15, 0.2) is 53.7 Å². The first kappa shape index (κ1) is 23.3. The lowest BCUT2D eigenvalue weighted by Gasteiger charge is -2.10. The Hall–Kier alpha value is -1.99. The molecule has 0 atom stereocenters. The van der Waals surface area contributed by atoms with Gasteiger partial charge in [0.25, 0.3) is 0 Å². The fourth-order valence-corrected chi connectivity index (χ4v) is 3.77. The van der Waals surface area contributed by atoms with E-state index in [0.717, 1.165) is 58.9 Å². The highest BCUT2D eigenvalue weighted by Crippen LogP contribution is 2.33. The van der Waals surface area contributed by atoms with Gasteiger partial charge in [0.2, 0.25) is 0 Å². The number of pyridine rings is 2. The first-order valence-electron chi connectivity index (χ1n) is 9.08. The molecule has 3 aromatic rings. The van der Waals surface area contributed by atoms with Crippen molar-refractivity contribution in [1.82, 2.24) is 9.97 Å². The highest BCUT2D eigenvalue weighted by molar-refractivity contribution is 7.99. The molecular weight excluding hydrogens is 421 g/mol. The molecular formula is C21H22ClF3N2OS. The summed E-state index contributed by atoms with van der Waals surface area (Å²) in [7, 11) is 0. The Bertz CT molecular complexity index is 920. The quantitative estimate of drug-likeness (QED) is 0.286. The zero-order valence-corrected chi connectivity index (χ0v) is 17.5. The number of aryl methyl sites for hydroxylation is 1. The van der Waals surface area contributed by atoms with E-state index in [1.807, 2.05) is 25.1 Å². The standard InChI is InChI=1S/C21H21F3N2OS.ClH/c1-15-5-7-17(14-26-15)27-11-3-2-4-12-28-20-9-10-25-19-13-16(21(22,23)24)6-8-18(19)20;/h5-10,13-14H,2-4,11-12H2,1H3;1H. The average Bonchev–Trinajstić information content (AvgIpc) is 2.67. The first-order valence-corrected chi connectivity index (χ1v) is 10.1. The maximum atomic E-state index is 12.8. The minimum absolute atomic E-state index is 0. The third-order valence-electron chi connectivity index (χ3n) is 4.23. The van der Waals surface area contributed by atoms with E-state index in [1.54, 1.807) is 24.2 Å². The van der Waals surface area contributed by atoms with Crippen LogP contribution in [0.5, 0.6) is 5.75 Å². The van der Waals surface area contributed by atoms with Crippen molar-refractivity contribution < 1.29 is 17.9 Å². The van der Waals surface area contributed by atoms with E-state index in [2.05, 4.69) is 9.97 Å². The summed E-state index contributed by atoms with van der Waals surface area (Å²) in [5.41, 5.74) is 0.668. The summed E-state index contributed by atoms with van der Waals surface area (Å²) in [6.07, 6.45) is 1.91. The smallest absolute Gasteiger partial charge is 0.416 e. The van der Waals surface area contributed by atoms with Crippen LogP contribution in [0.25, 0.3) is 10.9 Å². The van der Waals surface area contributed by atoms with Crippen molar-refractivity contribution in [1.29, 1.82) is 0 Å². The first-order chi connectivity index (χ1) is 13.4. The molecule has 2 heterocycles. The van der Waals surface area contributed by atoms with E-state index in [4.69, 9.17) is 4.74 Å². The lowest BCUT2D eigenvalue weighted by atomic mass is 10.1. The molecule has 0 bridgehead atoms. The van der Waals surface area contributed by atoms with Gasteiger partial charge in [-0.3, -0.25) is 9.97 Å². The van der Waals surface area contributed by atoms with E-state index in [-0.39, 0.29) is 12.4 Å². The number of halogens is 4. The lowest BCUT2D eigenvalue weighted by molar-refractivity contribution is -0.137. The number of nitrogens with zero attached hydrogens (tertiary/aromatic N) is 2. The number of hydrogen-bond acceptors (Lipinski definition) is 4. The number of thioether (sulfide) groups is 1. The van der Waals surface area contributed by atoms with Gasteiger partial charge in [-0.15, -0.1) is 24.2 Å². The normalized spacial score (nSPS) is 11.3. The van der Waals surface area contributed by atoms with Crippen LogP contribution in [0.4, 0.5) is 13.2 Å². The molecule has 1 aromatic carbocycles. The van der Waals surface area contributed by atoms with Crippen molar-refractivity contribution in [2.75, 3.05) is 12.4 Å². The third-order valence-corrected chi connectivity index (χ3v) is 5.39. The molecule has 0 saturated heterocycles. The second kappa shape index (κ2) is 10.7. The molecule has 0 saturated carbocycles. The maximum Gasteiger partial charge on any atom is 0.416 e. The van der Waals surface area contributed by atoms with E-state index in [9.17, 15) is 13.2 Å². The maximum absolute atomic E-state index is 12.8. The number of fused-ring (bicyclic) bond motifs is 1. The van der Waals surface area contributed by atoms with Crippen LogP contribution in [0.1, 0.15) is 30.5 Å². The van der Waals surface area contributed by atoms with Crippen molar-refractivity contribution in [3.63, 3.8) is 0 Å². The van der Waals surface area contributed by atoms with Crippen LogP contribution in [-0.4, -0.2) is 22.3 Å². The fourth-order valence-electron chi connectivity index (χ4n) is 2.72. The van der Waals surface area contributed by atoms with Gasteiger partial charge >= 0.3 is 6.18 Å². The van der Waals surface area contributed by atoms with Crippen molar-refractivity contribution in [3.8, 4) is 5.75 Å². The Morgan fingerprint density at radius 1 is 1.00 bits per heavy atom. The molecule has 0 radical (unpaired) electrons. The Morgan fingerprint density at radius 2 is 1.83 bits per heavy atom. The number of rotatable bonds is 8. The SMILES string of the molecule is Cc1ccc(OCCCCCSc2ccnc3cc(C(F)(F)F)ccc23)cn1.Cl. The molecule has 3 rings (SSSR count). The number of aromatic nitrogens is 2. The fraction of sp³-hybridized carbons (Fsp3) is 0.333. The number of benzene rings is 1. The minimum atomic E-state index is -4.35. The number of ether oxygens (including phenoxy) is 1. The monoisotopic (exact) mass is 442 g/mol. The van der Waals surface area contributed by atoms with Crippen molar-refractivity contribution in [2.45, 2.75) is 37.3 Å². The summed E-state index contributed by atoms with van der Waals surface area (Å²) in [4.78, 5) is 9.23.